The van der Waals surface area contributed by atoms with E-state index >= 15 is 0 Å². The molecule has 0 radical (unpaired) electrons. The van der Waals surface area contributed by atoms with Crippen LogP contribution >= 0.6 is 23.2 Å². The van der Waals surface area contributed by atoms with Gasteiger partial charge >= 0.3 is 0 Å². The molecular weight excluding hydrogens is 367 g/mol. The maximum atomic E-state index is 12.3. The van der Waals surface area contributed by atoms with Crippen LogP contribution in [0.25, 0.3) is 11.4 Å². The second-order valence-electron chi connectivity index (χ2n) is 5.13. The van der Waals surface area contributed by atoms with E-state index < -0.39 is 4.92 Å². The molecule has 0 saturated heterocycles. The summed E-state index contributed by atoms with van der Waals surface area (Å²) in [6.45, 7) is -0.0418. The summed E-state index contributed by atoms with van der Waals surface area (Å²) in [5.74, 6) is 0.0831. The molecule has 1 heterocycles. The largest absolute Gasteiger partial charge is 0.292 e. The first-order valence-electron chi connectivity index (χ1n) is 7.06. The topological polar surface area (TPSA) is 90.9 Å². The SMILES string of the molecule is O=C(Cn1cnc(-c2cccc([N+](=O)[O-])c2)n1)c1ccc(Cl)c(Cl)c1. The number of ketones is 1. The Morgan fingerprint density at radius 2 is 1.96 bits per heavy atom. The highest BCUT2D eigenvalue weighted by Crippen LogP contribution is 2.23. The van der Waals surface area contributed by atoms with Crippen LogP contribution in [-0.4, -0.2) is 25.5 Å². The van der Waals surface area contributed by atoms with Crippen molar-refractivity contribution >= 4 is 34.7 Å². The van der Waals surface area contributed by atoms with E-state index in [1.807, 2.05) is 0 Å². The van der Waals surface area contributed by atoms with Gasteiger partial charge in [0.2, 0.25) is 0 Å². The Bertz CT molecular complexity index is 972. The molecule has 0 unspecified atom stereocenters. The number of benzene rings is 2. The molecule has 3 aromatic rings. The number of aromatic nitrogens is 3. The van der Waals surface area contributed by atoms with E-state index in [9.17, 15) is 14.9 Å². The van der Waals surface area contributed by atoms with Crippen molar-refractivity contribution in [3.8, 4) is 11.4 Å². The number of carbonyl (C=O) groups excluding carboxylic acids is 1. The number of halogens is 2. The van der Waals surface area contributed by atoms with Crippen molar-refractivity contribution in [3.05, 3.63) is 74.5 Å². The van der Waals surface area contributed by atoms with E-state index in [-0.39, 0.29) is 18.0 Å². The Morgan fingerprint density at radius 1 is 1.16 bits per heavy atom. The van der Waals surface area contributed by atoms with Crippen LogP contribution in [0.4, 0.5) is 5.69 Å². The monoisotopic (exact) mass is 376 g/mol. The van der Waals surface area contributed by atoms with Crippen molar-refractivity contribution in [1.29, 1.82) is 0 Å². The standard InChI is InChI=1S/C16H10Cl2N4O3/c17-13-5-4-10(7-14(13)18)15(23)8-21-9-19-16(20-21)11-2-1-3-12(6-11)22(24)25/h1-7,9H,8H2. The first-order valence-corrected chi connectivity index (χ1v) is 7.82. The predicted octanol–water partition coefficient (Wildman–Crippen LogP) is 4.04. The number of Topliss-reactive ketones (excluding diaryl/α,β-unsaturated/α-hetero) is 1. The van der Waals surface area contributed by atoms with E-state index in [1.165, 1.54) is 29.2 Å². The Morgan fingerprint density at radius 3 is 2.68 bits per heavy atom. The van der Waals surface area contributed by atoms with Gasteiger partial charge in [0, 0.05) is 23.3 Å². The second-order valence-corrected chi connectivity index (χ2v) is 5.94. The van der Waals surface area contributed by atoms with E-state index in [0.717, 1.165) is 0 Å². The molecule has 25 heavy (non-hydrogen) atoms. The fourth-order valence-corrected chi connectivity index (χ4v) is 2.47. The first kappa shape index (κ1) is 17.1. The molecule has 0 aliphatic carbocycles. The van der Waals surface area contributed by atoms with E-state index in [1.54, 1.807) is 24.3 Å². The van der Waals surface area contributed by atoms with Gasteiger partial charge in [-0.05, 0) is 18.2 Å². The summed E-state index contributed by atoms with van der Waals surface area (Å²) >= 11 is 11.7. The summed E-state index contributed by atoms with van der Waals surface area (Å²) in [5, 5.41) is 15.7. The number of nitrogens with zero attached hydrogens (tertiary/aromatic N) is 4. The van der Waals surface area contributed by atoms with Crippen molar-refractivity contribution in [2.24, 2.45) is 0 Å². The Labute approximate surface area is 152 Å². The third-order valence-corrected chi connectivity index (χ3v) is 4.14. The van der Waals surface area contributed by atoms with Gasteiger partial charge in [0.25, 0.3) is 5.69 Å². The zero-order valence-corrected chi connectivity index (χ0v) is 14.1. The molecule has 0 aliphatic heterocycles. The Hall–Kier alpha value is -2.77. The van der Waals surface area contributed by atoms with Crippen LogP contribution in [0.5, 0.6) is 0 Å². The molecule has 0 saturated carbocycles. The van der Waals surface area contributed by atoms with Crippen LogP contribution < -0.4 is 0 Å². The average Bonchev–Trinajstić information content (AvgIpc) is 3.06. The number of rotatable bonds is 5. The zero-order valence-electron chi connectivity index (χ0n) is 12.6. The maximum Gasteiger partial charge on any atom is 0.270 e. The lowest BCUT2D eigenvalue weighted by Gasteiger charge is -2.03. The second kappa shape index (κ2) is 7.00. The van der Waals surface area contributed by atoms with Crippen molar-refractivity contribution in [3.63, 3.8) is 0 Å². The number of hydrogen-bond acceptors (Lipinski definition) is 5. The van der Waals surface area contributed by atoms with Crippen LogP contribution in [0.2, 0.25) is 10.0 Å². The Balaban J connectivity index is 1.79. The molecule has 7 nitrogen and oxygen atoms in total. The summed E-state index contributed by atoms with van der Waals surface area (Å²) in [6.07, 6.45) is 1.39. The van der Waals surface area contributed by atoms with Gasteiger partial charge in [0.05, 0.1) is 15.0 Å². The molecule has 0 fully saturated rings. The van der Waals surface area contributed by atoms with Gasteiger partial charge in [0.1, 0.15) is 12.9 Å². The van der Waals surface area contributed by atoms with Gasteiger partial charge in [-0.3, -0.25) is 14.9 Å². The maximum absolute atomic E-state index is 12.3. The summed E-state index contributed by atoms with van der Waals surface area (Å²) in [5.41, 5.74) is 0.845. The van der Waals surface area contributed by atoms with E-state index in [2.05, 4.69) is 10.1 Å². The summed E-state index contributed by atoms with van der Waals surface area (Å²) < 4.78 is 1.36. The molecule has 9 heteroatoms. The molecule has 0 N–H and O–H groups in total. The van der Waals surface area contributed by atoms with Crippen LogP contribution in [0.1, 0.15) is 10.4 Å². The van der Waals surface area contributed by atoms with Crippen LogP contribution in [0.3, 0.4) is 0 Å². The lowest BCUT2D eigenvalue weighted by molar-refractivity contribution is -0.384. The van der Waals surface area contributed by atoms with Crippen LogP contribution in [-0.2, 0) is 6.54 Å². The fourth-order valence-electron chi connectivity index (χ4n) is 2.17. The molecule has 0 aliphatic rings. The molecule has 0 spiro atoms. The highest BCUT2D eigenvalue weighted by Gasteiger charge is 2.13. The van der Waals surface area contributed by atoms with Gasteiger partial charge in [-0.2, -0.15) is 5.10 Å². The van der Waals surface area contributed by atoms with Crippen LogP contribution in [0, 0.1) is 10.1 Å². The minimum Gasteiger partial charge on any atom is -0.292 e. The molecule has 0 atom stereocenters. The highest BCUT2D eigenvalue weighted by molar-refractivity contribution is 6.42. The zero-order chi connectivity index (χ0) is 18.0. The van der Waals surface area contributed by atoms with E-state index in [0.29, 0.717) is 27.0 Å². The molecule has 0 bridgehead atoms. The van der Waals surface area contributed by atoms with Gasteiger partial charge in [-0.1, -0.05) is 35.3 Å². The summed E-state index contributed by atoms with van der Waals surface area (Å²) in [4.78, 5) is 26.7. The lowest BCUT2D eigenvalue weighted by atomic mass is 10.1. The number of nitro groups is 1. The predicted molar refractivity (Wildman–Crippen MR) is 92.9 cm³/mol. The lowest BCUT2D eigenvalue weighted by Crippen LogP contribution is -2.11. The number of nitro benzene ring substituents is 1. The Kier molecular flexibility index (Phi) is 4.78. The van der Waals surface area contributed by atoms with Crippen molar-refractivity contribution in [2.45, 2.75) is 6.54 Å². The number of non-ortho nitro benzene ring substituents is 1. The molecule has 126 valence electrons. The van der Waals surface area contributed by atoms with Gasteiger partial charge in [-0.25, -0.2) is 9.67 Å². The van der Waals surface area contributed by atoms with Gasteiger partial charge in [0.15, 0.2) is 11.6 Å². The minimum absolute atomic E-state index is 0.0418. The first-order chi connectivity index (χ1) is 11.9. The average molecular weight is 377 g/mol. The molecule has 2 aromatic carbocycles. The molecule has 3 rings (SSSR count). The molecular formula is C16H10Cl2N4O3. The minimum atomic E-state index is -0.492. The van der Waals surface area contributed by atoms with Gasteiger partial charge < -0.3 is 0 Å². The third-order valence-electron chi connectivity index (χ3n) is 3.40. The highest BCUT2D eigenvalue weighted by atomic mass is 35.5. The molecule has 0 amide bonds. The van der Waals surface area contributed by atoms with Crippen LogP contribution in [0.15, 0.2) is 48.8 Å². The summed E-state index contributed by atoms with van der Waals surface area (Å²) in [7, 11) is 0. The smallest absolute Gasteiger partial charge is 0.270 e. The quantitative estimate of drug-likeness (QED) is 0.380. The normalized spacial score (nSPS) is 10.6. The number of hydrogen-bond donors (Lipinski definition) is 0. The number of carbonyl (C=O) groups is 1. The van der Waals surface area contributed by atoms with Crippen molar-refractivity contribution in [1.82, 2.24) is 14.8 Å². The van der Waals surface area contributed by atoms with Crippen molar-refractivity contribution < 1.29 is 9.72 Å². The third kappa shape index (κ3) is 3.84. The molecule has 1 aromatic heterocycles. The summed E-state index contributed by atoms with van der Waals surface area (Å²) in [6, 6.07) is 10.6. The van der Waals surface area contributed by atoms with Crippen molar-refractivity contribution in [2.75, 3.05) is 0 Å². The van der Waals surface area contributed by atoms with Gasteiger partial charge in [-0.15, -0.1) is 0 Å². The van der Waals surface area contributed by atoms with E-state index in [4.69, 9.17) is 23.2 Å². The fraction of sp³-hybridized carbons (Fsp3) is 0.0625.